The van der Waals surface area contributed by atoms with Crippen LogP contribution in [0.3, 0.4) is 0 Å². The van der Waals surface area contributed by atoms with Crippen LogP contribution in [0.1, 0.15) is 13.8 Å². The Labute approximate surface area is 68.7 Å². The maximum atomic E-state index is 5.35. The van der Waals surface area contributed by atoms with Gasteiger partial charge in [-0.1, -0.05) is 0 Å². The van der Waals surface area contributed by atoms with Crippen molar-refractivity contribution in [3.63, 3.8) is 0 Å². The van der Waals surface area contributed by atoms with Gasteiger partial charge in [0, 0.05) is 26.2 Å². The second-order valence-corrected chi connectivity index (χ2v) is 2.76. The molecule has 65 valence electrons. The maximum absolute atomic E-state index is 5.35. The van der Waals surface area contributed by atoms with Crippen molar-refractivity contribution in [3.05, 3.63) is 6.61 Å². The zero-order valence-electron chi connectivity index (χ0n) is 7.34. The fourth-order valence-electron chi connectivity index (χ4n) is 1.33. The molecule has 1 heterocycles. The van der Waals surface area contributed by atoms with E-state index in [0.717, 1.165) is 26.2 Å². The molecule has 1 atom stereocenters. The first kappa shape index (κ1) is 8.97. The van der Waals surface area contributed by atoms with Crippen molar-refractivity contribution in [2.24, 2.45) is 0 Å². The molecule has 0 aliphatic carbocycles. The lowest BCUT2D eigenvalue weighted by molar-refractivity contribution is -0.0199. The lowest BCUT2D eigenvalue weighted by Gasteiger charge is -2.32. The molecule has 0 bridgehead atoms. The largest absolute Gasteiger partial charge is 0.358 e. The Morgan fingerprint density at radius 1 is 1.45 bits per heavy atom. The predicted molar refractivity (Wildman–Crippen MR) is 45.0 cm³/mol. The minimum atomic E-state index is 0.238. The molecule has 1 aliphatic heterocycles. The van der Waals surface area contributed by atoms with Crippen molar-refractivity contribution in [2.45, 2.75) is 20.1 Å². The van der Waals surface area contributed by atoms with Gasteiger partial charge in [-0.3, -0.25) is 4.90 Å². The molecule has 3 heteroatoms. The molecule has 0 aromatic carbocycles. The van der Waals surface area contributed by atoms with E-state index in [1.807, 2.05) is 6.92 Å². The first-order valence-corrected chi connectivity index (χ1v) is 4.22. The molecule has 1 rings (SSSR count). The average molecular weight is 157 g/mol. The van der Waals surface area contributed by atoms with E-state index in [9.17, 15) is 0 Å². The summed E-state index contributed by atoms with van der Waals surface area (Å²) in [5.41, 5.74) is 0. The number of piperazine rings is 1. The van der Waals surface area contributed by atoms with Crippen molar-refractivity contribution in [1.82, 2.24) is 10.2 Å². The second-order valence-electron chi connectivity index (χ2n) is 2.76. The number of ether oxygens (including phenoxy) is 1. The minimum Gasteiger partial charge on any atom is -0.358 e. The number of hydrogen-bond acceptors (Lipinski definition) is 3. The van der Waals surface area contributed by atoms with Crippen molar-refractivity contribution in [2.75, 3.05) is 26.2 Å². The van der Waals surface area contributed by atoms with E-state index in [2.05, 4.69) is 17.1 Å². The predicted octanol–water partition coefficient (Wildman–Crippen LogP) is 0.436. The fourth-order valence-corrected chi connectivity index (χ4v) is 1.33. The Morgan fingerprint density at radius 2 is 2.09 bits per heavy atom. The number of nitrogens with one attached hydrogen (secondary N) is 1. The summed E-state index contributed by atoms with van der Waals surface area (Å²) in [5, 5.41) is 3.30. The van der Waals surface area contributed by atoms with Crippen LogP contribution in [0.5, 0.6) is 0 Å². The van der Waals surface area contributed by atoms with Crippen LogP contribution in [0.25, 0.3) is 0 Å². The number of hydrogen-bond donors (Lipinski definition) is 1. The summed E-state index contributed by atoms with van der Waals surface area (Å²) in [5.74, 6) is 0. The van der Waals surface area contributed by atoms with Crippen molar-refractivity contribution < 1.29 is 4.74 Å². The Kier molecular flexibility index (Phi) is 3.83. The molecule has 0 spiro atoms. The highest BCUT2D eigenvalue weighted by Crippen LogP contribution is 2.02. The van der Waals surface area contributed by atoms with E-state index in [0.29, 0.717) is 0 Å². The third-order valence-corrected chi connectivity index (χ3v) is 2.00. The van der Waals surface area contributed by atoms with Crippen molar-refractivity contribution in [1.29, 1.82) is 0 Å². The minimum absolute atomic E-state index is 0.238. The SMILES string of the molecule is C[CH]OC(C)N1CCNCC1. The maximum Gasteiger partial charge on any atom is 0.108 e. The molecule has 3 nitrogen and oxygen atoms in total. The molecule has 1 fully saturated rings. The van der Waals surface area contributed by atoms with Gasteiger partial charge in [-0.2, -0.15) is 0 Å². The van der Waals surface area contributed by atoms with Crippen LogP contribution in [-0.4, -0.2) is 37.3 Å². The number of nitrogens with zero attached hydrogens (tertiary/aromatic N) is 1. The number of rotatable bonds is 3. The van der Waals surface area contributed by atoms with E-state index in [4.69, 9.17) is 4.74 Å². The van der Waals surface area contributed by atoms with E-state index < -0.39 is 0 Å². The monoisotopic (exact) mass is 157 g/mol. The quantitative estimate of drug-likeness (QED) is 0.643. The Hall–Kier alpha value is -0.120. The second kappa shape index (κ2) is 4.70. The van der Waals surface area contributed by atoms with E-state index in [1.54, 1.807) is 6.61 Å². The summed E-state index contributed by atoms with van der Waals surface area (Å²) >= 11 is 0. The molecule has 1 unspecified atom stereocenters. The zero-order chi connectivity index (χ0) is 8.10. The van der Waals surface area contributed by atoms with E-state index in [-0.39, 0.29) is 6.23 Å². The standard InChI is InChI=1S/C8H17N2O/c1-3-11-8(2)10-6-4-9-5-7-10/h3,8-9H,4-7H2,1-2H3. The summed E-state index contributed by atoms with van der Waals surface area (Å²) in [6.07, 6.45) is 0.238. The molecule has 0 amide bonds. The van der Waals surface area contributed by atoms with Gasteiger partial charge in [0.2, 0.25) is 0 Å². The van der Waals surface area contributed by atoms with Gasteiger partial charge < -0.3 is 10.1 Å². The molecule has 11 heavy (non-hydrogen) atoms. The molecule has 1 aliphatic rings. The van der Waals surface area contributed by atoms with Gasteiger partial charge in [0.25, 0.3) is 0 Å². The van der Waals surface area contributed by atoms with E-state index in [1.165, 1.54) is 0 Å². The molecule has 1 N–H and O–H groups in total. The van der Waals surface area contributed by atoms with Crippen LogP contribution in [0.4, 0.5) is 0 Å². The van der Waals surface area contributed by atoms with Gasteiger partial charge in [-0.05, 0) is 13.8 Å². The molecular weight excluding hydrogens is 140 g/mol. The van der Waals surface area contributed by atoms with Gasteiger partial charge in [0.05, 0.1) is 6.61 Å². The summed E-state index contributed by atoms with van der Waals surface area (Å²) in [6, 6.07) is 0. The smallest absolute Gasteiger partial charge is 0.108 e. The molecular formula is C8H17N2O. The first-order valence-electron chi connectivity index (χ1n) is 4.22. The van der Waals surface area contributed by atoms with Crippen LogP contribution >= 0.6 is 0 Å². The van der Waals surface area contributed by atoms with Crippen LogP contribution in [0.2, 0.25) is 0 Å². The average Bonchev–Trinajstić information content (AvgIpc) is 2.07. The first-order chi connectivity index (χ1) is 5.34. The molecule has 0 saturated carbocycles. The highest BCUT2D eigenvalue weighted by atomic mass is 16.5. The summed E-state index contributed by atoms with van der Waals surface area (Å²) < 4.78 is 5.35. The molecule has 1 radical (unpaired) electrons. The van der Waals surface area contributed by atoms with Gasteiger partial charge in [0.15, 0.2) is 0 Å². The topological polar surface area (TPSA) is 24.5 Å². The fraction of sp³-hybridized carbons (Fsp3) is 0.875. The van der Waals surface area contributed by atoms with E-state index >= 15 is 0 Å². The van der Waals surface area contributed by atoms with Gasteiger partial charge >= 0.3 is 0 Å². The van der Waals surface area contributed by atoms with Crippen LogP contribution in [0, 0.1) is 6.61 Å². The highest BCUT2D eigenvalue weighted by Gasteiger charge is 2.15. The molecule has 0 aromatic rings. The van der Waals surface area contributed by atoms with Gasteiger partial charge in [-0.15, -0.1) is 0 Å². The summed E-state index contributed by atoms with van der Waals surface area (Å²) in [4.78, 5) is 2.33. The van der Waals surface area contributed by atoms with Crippen LogP contribution in [0.15, 0.2) is 0 Å². The third-order valence-electron chi connectivity index (χ3n) is 2.00. The third kappa shape index (κ3) is 2.77. The summed E-state index contributed by atoms with van der Waals surface area (Å²) in [6.45, 7) is 10.1. The summed E-state index contributed by atoms with van der Waals surface area (Å²) in [7, 11) is 0. The molecule has 1 saturated heterocycles. The highest BCUT2D eigenvalue weighted by molar-refractivity contribution is 4.68. The van der Waals surface area contributed by atoms with Crippen LogP contribution < -0.4 is 5.32 Å². The lowest BCUT2D eigenvalue weighted by Crippen LogP contribution is -2.48. The van der Waals surface area contributed by atoms with Crippen molar-refractivity contribution in [3.8, 4) is 0 Å². The van der Waals surface area contributed by atoms with Crippen LogP contribution in [-0.2, 0) is 4.74 Å². The van der Waals surface area contributed by atoms with Gasteiger partial charge in [0.1, 0.15) is 6.23 Å². The Balaban J connectivity index is 2.21. The normalized spacial score (nSPS) is 23.5. The zero-order valence-corrected chi connectivity index (χ0v) is 7.34. The Bertz CT molecular complexity index is 102. The van der Waals surface area contributed by atoms with Gasteiger partial charge in [-0.25, -0.2) is 0 Å². The Morgan fingerprint density at radius 3 is 2.64 bits per heavy atom. The molecule has 0 aromatic heterocycles. The lowest BCUT2D eigenvalue weighted by atomic mass is 10.3. The van der Waals surface area contributed by atoms with Crippen molar-refractivity contribution >= 4 is 0 Å².